The summed E-state index contributed by atoms with van der Waals surface area (Å²) >= 11 is 0. The zero-order valence-corrected chi connectivity index (χ0v) is 14.7. The number of aryl methyl sites for hydroxylation is 1. The second-order valence-electron chi connectivity index (χ2n) is 4.98. The highest BCUT2D eigenvalue weighted by Gasteiger charge is 2.23. The van der Waals surface area contributed by atoms with Crippen LogP contribution in [-0.2, 0) is 7.05 Å². The van der Waals surface area contributed by atoms with E-state index in [9.17, 15) is 9.59 Å². The maximum atomic E-state index is 12.7. The maximum Gasteiger partial charge on any atom is 0.273 e. The van der Waals surface area contributed by atoms with Gasteiger partial charge in [0.2, 0.25) is 5.75 Å². The van der Waals surface area contributed by atoms with Gasteiger partial charge in [0.05, 0.1) is 32.6 Å². The molecule has 0 bridgehead atoms. The molecule has 0 unspecified atom stereocenters. The van der Waals surface area contributed by atoms with Crippen LogP contribution in [0.1, 0.15) is 20.8 Å². The van der Waals surface area contributed by atoms with E-state index in [0.717, 1.165) is 0 Å². The van der Waals surface area contributed by atoms with Crippen molar-refractivity contribution < 1.29 is 23.8 Å². The summed E-state index contributed by atoms with van der Waals surface area (Å²) in [6.45, 7) is 0. The molecule has 1 aromatic heterocycles. The fourth-order valence-corrected chi connectivity index (χ4v) is 2.34. The average Bonchev–Trinajstić information content (AvgIpc) is 2.99. The number of carbonyl (C=O) groups is 2. The van der Waals surface area contributed by atoms with Gasteiger partial charge in [0.1, 0.15) is 0 Å². The molecule has 2 aromatic rings. The predicted molar refractivity (Wildman–Crippen MR) is 90.6 cm³/mol. The van der Waals surface area contributed by atoms with E-state index in [0.29, 0.717) is 11.5 Å². The molecule has 0 aliphatic rings. The van der Waals surface area contributed by atoms with Gasteiger partial charge in [-0.15, -0.1) is 0 Å². The number of aromatic nitrogens is 2. The van der Waals surface area contributed by atoms with Crippen molar-refractivity contribution in [2.75, 3.05) is 33.7 Å². The van der Waals surface area contributed by atoms with E-state index in [-0.39, 0.29) is 22.7 Å². The van der Waals surface area contributed by atoms with Crippen LogP contribution in [0.5, 0.6) is 17.2 Å². The number of ether oxygens (including phenoxy) is 3. The third kappa shape index (κ3) is 3.49. The van der Waals surface area contributed by atoms with Crippen molar-refractivity contribution in [3.05, 3.63) is 29.6 Å². The van der Waals surface area contributed by atoms with Crippen LogP contribution >= 0.6 is 0 Å². The van der Waals surface area contributed by atoms with Crippen molar-refractivity contribution in [2.45, 2.75) is 0 Å². The first-order valence-electron chi connectivity index (χ1n) is 7.32. The fourth-order valence-electron chi connectivity index (χ4n) is 2.34. The summed E-state index contributed by atoms with van der Waals surface area (Å²) < 4.78 is 17.2. The lowest BCUT2D eigenvalue weighted by atomic mass is 10.1. The topological polar surface area (TPSA) is 104 Å². The lowest BCUT2D eigenvalue weighted by molar-refractivity contribution is 0.0958. The Morgan fingerprint density at radius 3 is 2.28 bits per heavy atom. The van der Waals surface area contributed by atoms with E-state index >= 15 is 0 Å². The van der Waals surface area contributed by atoms with Gasteiger partial charge in [-0.2, -0.15) is 5.10 Å². The number of hydrogen-bond acceptors (Lipinski definition) is 6. The van der Waals surface area contributed by atoms with Crippen molar-refractivity contribution >= 4 is 17.5 Å². The van der Waals surface area contributed by atoms with Crippen molar-refractivity contribution in [1.82, 2.24) is 15.1 Å². The molecule has 25 heavy (non-hydrogen) atoms. The van der Waals surface area contributed by atoms with Crippen LogP contribution in [0.2, 0.25) is 0 Å². The second-order valence-corrected chi connectivity index (χ2v) is 4.98. The van der Waals surface area contributed by atoms with Crippen LogP contribution in [0.25, 0.3) is 0 Å². The highest BCUT2D eigenvalue weighted by Crippen LogP contribution is 2.40. The van der Waals surface area contributed by atoms with Crippen molar-refractivity contribution in [3.8, 4) is 17.2 Å². The number of benzene rings is 1. The van der Waals surface area contributed by atoms with E-state index < -0.39 is 11.8 Å². The summed E-state index contributed by atoms with van der Waals surface area (Å²) in [5, 5.41) is 9.19. The molecule has 9 heteroatoms. The van der Waals surface area contributed by atoms with Gasteiger partial charge in [-0.1, -0.05) is 0 Å². The summed E-state index contributed by atoms with van der Waals surface area (Å²) in [6.07, 6.45) is 1.54. The molecule has 1 heterocycles. The van der Waals surface area contributed by atoms with E-state index in [4.69, 9.17) is 14.2 Å². The number of amides is 2. The minimum Gasteiger partial charge on any atom is -0.493 e. The monoisotopic (exact) mass is 348 g/mol. The first kappa shape index (κ1) is 18.1. The Labute approximate surface area is 144 Å². The summed E-state index contributed by atoms with van der Waals surface area (Å²) in [5.74, 6) is 0.0783. The quantitative estimate of drug-likeness (QED) is 0.809. The van der Waals surface area contributed by atoms with Gasteiger partial charge in [-0.05, 0) is 12.1 Å². The van der Waals surface area contributed by atoms with E-state index in [1.165, 1.54) is 39.3 Å². The van der Waals surface area contributed by atoms with Gasteiger partial charge in [-0.25, -0.2) is 0 Å². The Morgan fingerprint density at radius 2 is 1.72 bits per heavy atom. The van der Waals surface area contributed by atoms with Crippen LogP contribution in [0.3, 0.4) is 0 Å². The lowest BCUT2D eigenvalue weighted by Gasteiger charge is -2.15. The number of hydrogen-bond donors (Lipinski definition) is 2. The third-order valence-corrected chi connectivity index (χ3v) is 3.47. The molecule has 0 saturated heterocycles. The summed E-state index contributed by atoms with van der Waals surface area (Å²) in [4.78, 5) is 24.6. The summed E-state index contributed by atoms with van der Waals surface area (Å²) in [6, 6.07) is 3.14. The van der Waals surface area contributed by atoms with Gasteiger partial charge in [0, 0.05) is 20.3 Å². The Balaban J connectivity index is 2.41. The molecule has 2 rings (SSSR count). The highest BCUT2D eigenvalue weighted by atomic mass is 16.5. The Kier molecular flexibility index (Phi) is 5.48. The van der Waals surface area contributed by atoms with Crippen molar-refractivity contribution in [1.29, 1.82) is 0 Å². The normalized spacial score (nSPS) is 10.1. The zero-order chi connectivity index (χ0) is 18.6. The molecule has 2 amide bonds. The van der Waals surface area contributed by atoms with Crippen LogP contribution < -0.4 is 24.8 Å². The molecule has 0 saturated carbocycles. The molecule has 0 fully saturated rings. The molecule has 1 aromatic carbocycles. The van der Waals surface area contributed by atoms with Crippen molar-refractivity contribution in [2.24, 2.45) is 7.05 Å². The van der Waals surface area contributed by atoms with Crippen molar-refractivity contribution in [3.63, 3.8) is 0 Å². The third-order valence-electron chi connectivity index (χ3n) is 3.47. The Morgan fingerprint density at radius 1 is 1.04 bits per heavy atom. The molecule has 0 radical (unpaired) electrons. The average molecular weight is 348 g/mol. The summed E-state index contributed by atoms with van der Waals surface area (Å²) in [5.41, 5.74) is 0.619. The van der Waals surface area contributed by atoms with E-state index in [1.54, 1.807) is 19.2 Å². The van der Waals surface area contributed by atoms with Gasteiger partial charge >= 0.3 is 0 Å². The first-order valence-corrected chi connectivity index (χ1v) is 7.32. The number of rotatable bonds is 6. The van der Waals surface area contributed by atoms with Crippen LogP contribution in [0.15, 0.2) is 18.3 Å². The Hall–Kier alpha value is -3.23. The lowest BCUT2D eigenvalue weighted by Crippen LogP contribution is -2.21. The highest BCUT2D eigenvalue weighted by molar-refractivity contribution is 6.10. The first-order chi connectivity index (χ1) is 12.0. The second kappa shape index (κ2) is 7.56. The van der Waals surface area contributed by atoms with Crippen LogP contribution in [-0.4, -0.2) is 50.0 Å². The number of anilines is 1. The van der Waals surface area contributed by atoms with Gasteiger partial charge in [-0.3, -0.25) is 14.3 Å². The molecule has 0 atom stereocenters. The maximum absolute atomic E-state index is 12.7. The molecule has 0 aliphatic carbocycles. The molecule has 2 N–H and O–H groups in total. The SMILES string of the molecule is CNC(=O)c1nn(C)cc1NC(=O)c1ccc(OC)c(OC)c1OC. The number of nitrogens with one attached hydrogen (secondary N) is 2. The van der Waals surface area contributed by atoms with E-state index in [2.05, 4.69) is 15.7 Å². The van der Waals surface area contributed by atoms with E-state index in [1.807, 2.05) is 0 Å². The van der Waals surface area contributed by atoms with Gasteiger partial charge < -0.3 is 24.8 Å². The largest absolute Gasteiger partial charge is 0.493 e. The molecule has 0 aliphatic heterocycles. The van der Waals surface area contributed by atoms with Gasteiger partial charge in [0.15, 0.2) is 17.2 Å². The van der Waals surface area contributed by atoms with Crippen LogP contribution in [0, 0.1) is 0 Å². The zero-order valence-electron chi connectivity index (χ0n) is 14.7. The van der Waals surface area contributed by atoms with Gasteiger partial charge in [0.25, 0.3) is 11.8 Å². The predicted octanol–water partition coefficient (Wildman–Crippen LogP) is 1.06. The Bertz CT molecular complexity index is 800. The molecule has 134 valence electrons. The molecule has 9 nitrogen and oxygen atoms in total. The number of nitrogens with zero attached hydrogens (tertiary/aromatic N) is 2. The summed E-state index contributed by atoms with van der Waals surface area (Å²) in [7, 11) is 7.50. The number of methoxy groups -OCH3 is 3. The molecular weight excluding hydrogens is 328 g/mol. The minimum absolute atomic E-state index is 0.109. The van der Waals surface area contributed by atoms with Crippen LogP contribution in [0.4, 0.5) is 5.69 Å². The smallest absolute Gasteiger partial charge is 0.273 e. The standard InChI is InChI=1S/C16H20N4O5/c1-17-16(22)12-10(8-20(2)19-12)18-15(21)9-6-7-11(23-3)14(25-5)13(9)24-4/h6-8H,1-5H3,(H,17,22)(H,18,21). The molecule has 0 spiro atoms. The number of carbonyl (C=O) groups excluding carboxylic acids is 2. The molecular formula is C16H20N4O5. The fraction of sp³-hybridized carbons (Fsp3) is 0.312. The minimum atomic E-state index is -0.476.